The van der Waals surface area contributed by atoms with Crippen molar-refractivity contribution < 1.29 is 13.9 Å². The van der Waals surface area contributed by atoms with Gasteiger partial charge in [0.05, 0.1) is 13.2 Å². The Balaban J connectivity index is 1.31. The van der Waals surface area contributed by atoms with Crippen molar-refractivity contribution in [2.75, 3.05) is 13.2 Å². The fourth-order valence-electron chi connectivity index (χ4n) is 4.36. The van der Waals surface area contributed by atoms with Gasteiger partial charge < -0.3 is 9.47 Å². The van der Waals surface area contributed by atoms with Gasteiger partial charge in [-0.25, -0.2) is 4.39 Å². The van der Waals surface area contributed by atoms with E-state index in [1.807, 2.05) is 55.5 Å². The number of aryl methyl sites for hydroxylation is 3. The molecule has 0 saturated carbocycles. The van der Waals surface area contributed by atoms with Gasteiger partial charge in [0.1, 0.15) is 5.82 Å². The second kappa shape index (κ2) is 11.8. The van der Waals surface area contributed by atoms with Crippen molar-refractivity contribution >= 4 is 22.4 Å². The minimum Gasteiger partial charge on any atom is -0.352 e. The molecule has 1 aliphatic rings. The molecule has 0 radical (unpaired) electrons. The average Bonchev–Trinajstić information content (AvgIpc) is 2.84. The van der Waals surface area contributed by atoms with Gasteiger partial charge in [-0.05, 0) is 73.2 Å². The third kappa shape index (κ3) is 6.66. The van der Waals surface area contributed by atoms with Crippen LogP contribution in [0.15, 0.2) is 66.7 Å². The Hall–Kier alpha value is -2.20. The lowest BCUT2D eigenvalue weighted by Gasteiger charge is -2.29. The molecule has 3 aromatic rings. The topological polar surface area (TPSA) is 18.5 Å². The highest BCUT2D eigenvalue weighted by Gasteiger charge is 2.21. The van der Waals surface area contributed by atoms with Gasteiger partial charge in [-0.1, -0.05) is 66.2 Å². The maximum atomic E-state index is 15.1. The predicted molar refractivity (Wildman–Crippen MR) is 134 cm³/mol. The van der Waals surface area contributed by atoms with E-state index in [1.54, 1.807) is 0 Å². The summed E-state index contributed by atoms with van der Waals surface area (Å²) in [7, 11) is 0. The third-order valence-corrected chi connectivity index (χ3v) is 6.63. The molecule has 0 unspecified atom stereocenters. The highest BCUT2D eigenvalue weighted by Crippen LogP contribution is 2.25. The summed E-state index contributed by atoms with van der Waals surface area (Å²) in [6.07, 6.45) is 9.43. The third-order valence-electron chi connectivity index (χ3n) is 6.38. The van der Waals surface area contributed by atoms with Crippen LogP contribution in [-0.2, 0) is 28.7 Å². The van der Waals surface area contributed by atoms with E-state index in [2.05, 4.69) is 18.2 Å². The molecular formula is C29H32ClFO2. The van der Waals surface area contributed by atoms with Gasteiger partial charge in [-0.3, -0.25) is 0 Å². The van der Waals surface area contributed by atoms with Crippen LogP contribution in [0.4, 0.5) is 4.39 Å². The zero-order valence-electron chi connectivity index (χ0n) is 19.2. The lowest BCUT2D eigenvalue weighted by molar-refractivity contribution is -0.203. The first-order valence-electron chi connectivity index (χ1n) is 11.9. The van der Waals surface area contributed by atoms with E-state index in [9.17, 15) is 0 Å². The van der Waals surface area contributed by atoms with E-state index >= 15 is 4.39 Å². The molecule has 1 heterocycles. The first kappa shape index (κ1) is 23.9. The van der Waals surface area contributed by atoms with Crippen LogP contribution in [0.2, 0.25) is 5.02 Å². The predicted octanol–water partition coefficient (Wildman–Crippen LogP) is 7.70. The van der Waals surface area contributed by atoms with Crippen LogP contribution in [0.25, 0.3) is 10.8 Å². The maximum absolute atomic E-state index is 15.1. The summed E-state index contributed by atoms with van der Waals surface area (Å²) in [6.45, 7) is 3.58. The Morgan fingerprint density at radius 1 is 0.909 bits per heavy atom. The van der Waals surface area contributed by atoms with Crippen molar-refractivity contribution in [1.82, 2.24) is 0 Å². The molecule has 0 aliphatic carbocycles. The standard InChI is InChI=1S/C29H32ClFO2/c1-2-3-4-5-23-19-32-28(33-20-23)17-10-22-9-16-27-25(18-22)13-12-24(29(27)31)11-6-21-7-14-26(30)15-8-21/h2-3,7-9,12-16,18,23,28H,4-6,10-11,17,19-20H2,1H3/b3-2+. The Labute approximate surface area is 201 Å². The molecule has 1 saturated heterocycles. The van der Waals surface area contributed by atoms with E-state index in [0.717, 1.165) is 66.9 Å². The molecule has 0 amide bonds. The number of benzene rings is 3. The second-order valence-corrected chi connectivity index (χ2v) is 9.30. The quantitative estimate of drug-likeness (QED) is 0.301. The second-order valence-electron chi connectivity index (χ2n) is 8.87. The Kier molecular flexibility index (Phi) is 8.55. The highest BCUT2D eigenvalue weighted by molar-refractivity contribution is 6.30. The van der Waals surface area contributed by atoms with Crippen LogP contribution >= 0.6 is 11.6 Å². The minimum absolute atomic E-state index is 0.115. The van der Waals surface area contributed by atoms with Gasteiger partial charge in [-0.15, -0.1) is 0 Å². The Bertz CT molecular complexity index is 1070. The number of hydrogen-bond donors (Lipinski definition) is 0. The number of hydrogen-bond acceptors (Lipinski definition) is 2. The van der Waals surface area contributed by atoms with Crippen molar-refractivity contribution in [1.29, 1.82) is 0 Å². The summed E-state index contributed by atoms with van der Waals surface area (Å²) in [5.41, 5.74) is 3.09. The molecule has 0 spiro atoms. The summed E-state index contributed by atoms with van der Waals surface area (Å²) in [5.74, 6) is 0.367. The fourth-order valence-corrected chi connectivity index (χ4v) is 4.49. The van der Waals surface area contributed by atoms with Crippen molar-refractivity contribution in [3.8, 4) is 0 Å². The van der Waals surface area contributed by atoms with Crippen LogP contribution in [0.5, 0.6) is 0 Å². The van der Waals surface area contributed by atoms with Crippen molar-refractivity contribution in [2.45, 2.75) is 51.7 Å². The monoisotopic (exact) mass is 466 g/mol. The van der Waals surface area contributed by atoms with Gasteiger partial charge >= 0.3 is 0 Å². The van der Waals surface area contributed by atoms with E-state index < -0.39 is 0 Å². The summed E-state index contributed by atoms with van der Waals surface area (Å²) in [4.78, 5) is 0. The molecule has 1 fully saturated rings. The molecule has 1 aliphatic heterocycles. The number of rotatable bonds is 9. The largest absolute Gasteiger partial charge is 0.352 e. The lowest BCUT2D eigenvalue weighted by atomic mass is 9.98. The van der Waals surface area contributed by atoms with Crippen molar-refractivity contribution in [3.63, 3.8) is 0 Å². The molecular weight excluding hydrogens is 435 g/mol. The zero-order chi connectivity index (χ0) is 23.0. The molecule has 4 rings (SSSR count). The van der Waals surface area contributed by atoms with Gasteiger partial charge in [0.25, 0.3) is 0 Å². The van der Waals surface area contributed by atoms with Crippen molar-refractivity contribution in [2.24, 2.45) is 5.92 Å². The SMILES string of the molecule is C/C=C/CCC1COC(CCc2ccc3c(F)c(CCc4ccc(Cl)cc4)ccc3c2)OC1. The normalized spacial score (nSPS) is 18.9. The highest BCUT2D eigenvalue weighted by atomic mass is 35.5. The summed E-state index contributed by atoms with van der Waals surface area (Å²) < 4.78 is 27.0. The molecule has 0 aromatic heterocycles. The molecule has 2 nitrogen and oxygen atoms in total. The minimum atomic E-state index is -0.148. The Morgan fingerprint density at radius 2 is 1.67 bits per heavy atom. The fraction of sp³-hybridized carbons (Fsp3) is 0.379. The van der Waals surface area contributed by atoms with E-state index in [-0.39, 0.29) is 12.1 Å². The van der Waals surface area contributed by atoms with E-state index in [4.69, 9.17) is 21.1 Å². The summed E-state index contributed by atoms with van der Waals surface area (Å²) in [6, 6.07) is 17.7. The first-order valence-corrected chi connectivity index (χ1v) is 12.3. The van der Waals surface area contributed by atoms with Crippen LogP contribution in [0.1, 0.15) is 42.9 Å². The molecule has 3 aromatic carbocycles. The molecule has 33 heavy (non-hydrogen) atoms. The molecule has 0 N–H and O–H groups in total. The van der Waals surface area contributed by atoms with Gasteiger partial charge in [0, 0.05) is 22.7 Å². The first-order chi connectivity index (χ1) is 16.1. The van der Waals surface area contributed by atoms with E-state index in [0.29, 0.717) is 17.7 Å². The van der Waals surface area contributed by atoms with Gasteiger partial charge in [0.2, 0.25) is 0 Å². The number of ether oxygens (including phenoxy) is 2. The van der Waals surface area contributed by atoms with Crippen LogP contribution in [0.3, 0.4) is 0 Å². The van der Waals surface area contributed by atoms with Crippen molar-refractivity contribution in [3.05, 3.63) is 94.3 Å². The molecule has 4 heteroatoms. The lowest BCUT2D eigenvalue weighted by Crippen LogP contribution is -2.32. The van der Waals surface area contributed by atoms with E-state index in [1.165, 1.54) is 5.56 Å². The zero-order valence-corrected chi connectivity index (χ0v) is 20.0. The van der Waals surface area contributed by atoms with Crippen LogP contribution < -0.4 is 0 Å². The smallest absolute Gasteiger partial charge is 0.157 e. The molecule has 0 bridgehead atoms. The number of fused-ring (bicyclic) bond motifs is 1. The van der Waals surface area contributed by atoms with Gasteiger partial charge in [0.15, 0.2) is 6.29 Å². The summed E-state index contributed by atoms with van der Waals surface area (Å²) in [5, 5.41) is 2.34. The molecule has 0 atom stereocenters. The number of halogens is 2. The number of allylic oxidation sites excluding steroid dienone is 2. The van der Waals surface area contributed by atoms with Gasteiger partial charge in [-0.2, -0.15) is 0 Å². The average molecular weight is 467 g/mol. The Morgan fingerprint density at radius 3 is 2.42 bits per heavy atom. The van der Waals surface area contributed by atoms with Crippen LogP contribution in [0, 0.1) is 11.7 Å². The maximum Gasteiger partial charge on any atom is 0.157 e. The van der Waals surface area contributed by atoms with Crippen LogP contribution in [-0.4, -0.2) is 19.5 Å². The summed E-state index contributed by atoms with van der Waals surface area (Å²) >= 11 is 5.95. The molecule has 174 valence electrons.